The van der Waals surface area contributed by atoms with E-state index in [-0.39, 0.29) is 0 Å². The molecule has 1 N–H and O–H groups in total. The van der Waals surface area contributed by atoms with Crippen molar-refractivity contribution >= 4 is 21.6 Å². The maximum absolute atomic E-state index is 5.38. The Morgan fingerprint density at radius 2 is 2.22 bits per heavy atom. The highest BCUT2D eigenvalue weighted by Gasteiger charge is 2.25. The molecular weight excluding hydrogens is 292 g/mol. The van der Waals surface area contributed by atoms with Crippen LogP contribution in [0.1, 0.15) is 13.8 Å². The molecule has 18 heavy (non-hydrogen) atoms. The minimum atomic E-state index is 0.546. The molecule has 1 aliphatic rings. The van der Waals surface area contributed by atoms with E-state index in [1.165, 1.54) is 5.69 Å². The first-order chi connectivity index (χ1) is 8.63. The van der Waals surface area contributed by atoms with Crippen molar-refractivity contribution in [1.82, 2.24) is 5.32 Å². The quantitative estimate of drug-likeness (QED) is 0.929. The zero-order chi connectivity index (χ0) is 13.1. The number of anilines is 1. The highest BCUT2D eigenvalue weighted by Crippen LogP contribution is 2.31. The van der Waals surface area contributed by atoms with Crippen molar-refractivity contribution in [2.75, 3.05) is 31.6 Å². The molecule has 2 rings (SSSR count). The van der Waals surface area contributed by atoms with Crippen LogP contribution in [0.2, 0.25) is 0 Å². The van der Waals surface area contributed by atoms with Gasteiger partial charge in [-0.25, -0.2) is 0 Å². The lowest BCUT2D eigenvalue weighted by molar-refractivity contribution is 0.388. The van der Waals surface area contributed by atoms with Crippen molar-refractivity contribution in [3.8, 4) is 5.75 Å². The number of nitrogens with zero attached hydrogens (tertiary/aromatic N) is 1. The normalized spacial score (nSPS) is 20.3. The fourth-order valence-corrected chi connectivity index (χ4v) is 2.88. The molecule has 1 aliphatic heterocycles. The number of hydrogen-bond donors (Lipinski definition) is 1. The van der Waals surface area contributed by atoms with E-state index in [2.05, 4.69) is 58.2 Å². The Morgan fingerprint density at radius 1 is 1.44 bits per heavy atom. The van der Waals surface area contributed by atoms with Crippen LogP contribution in [0, 0.1) is 5.92 Å². The topological polar surface area (TPSA) is 24.5 Å². The summed E-state index contributed by atoms with van der Waals surface area (Å²) in [6.07, 6.45) is 0. The third-order valence-corrected chi connectivity index (χ3v) is 4.17. The molecule has 0 aromatic heterocycles. The number of benzene rings is 1. The van der Waals surface area contributed by atoms with Gasteiger partial charge in [-0.05, 0) is 34.0 Å². The fraction of sp³-hybridized carbons (Fsp3) is 0.571. The van der Waals surface area contributed by atoms with E-state index in [9.17, 15) is 0 Å². The summed E-state index contributed by atoms with van der Waals surface area (Å²) in [4.78, 5) is 2.48. The van der Waals surface area contributed by atoms with Crippen LogP contribution in [0.5, 0.6) is 5.75 Å². The van der Waals surface area contributed by atoms with Gasteiger partial charge in [-0.15, -0.1) is 0 Å². The summed E-state index contributed by atoms with van der Waals surface area (Å²) in [5, 5.41) is 3.47. The average Bonchev–Trinajstić information content (AvgIpc) is 2.39. The first-order valence-electron chi connectivity index (χ1n) is 6.44. The monoisotopic (exact) mass is 312 g/mol. The molecule has 1 aromatic carbocycles. The van der Waals surface area contributed by atoms with E-state index in [1.54, 1.807) is 7.11 Å². The molecular formula is C14H21BrN2O. The van der Waals surface area contributed by atoms with Gasteiger partial charge < -0.3 is 15.0 Å². The number of hydrogen-bond acceptors (Lipinski definition) is 3. The van der Waals surface area contributed by atoms with Crippen LogP contribution in [0.3, 0.4) is 0 Å². The molecule has 1 fully saturated rings. The van der Waals surface area contributed by atoms with Gasteiger partial charge in [0.25, 0.3) is 0 Å². The molecule has 1 atom stereocenters. The second-order valence-corrected chi connectivity index (χ2v) is 5.88. The van der Waals surface area contributed by atoms with Gasteiger partial charge in [-0.1, -0.05) is 13.8 Å². The van der Waals surface area contributed by atoms with E-state index in [0.717, 1.165) is 29.9 Å². The van der Waals surface area contributed by atoms with Crippen molar-refractivity contribution in [3.63, 3.8) is 0 Å². The number of ether oxygens (including phenoxy) is 1. The third kappa shape index (κ3) is 2.81. The van der Waals surface area contributed by atoms with Gasteiger partial charge in [0.15, 0.2) is 0 Å². The van der Waals surface area contributed by atoms with Crippen LogP contribution < -0.4 is 15.0 Å². The van der Waals surface area contributed by atoms with E-state index in [4.69, 9.17) is 4.74 Å². The van der Waals surface area contributed by atoms with E-state index in [0.29, 0.717) is 12.0 Å². The van der Waals surface area contributed by atoms with Crippen molar-refractivity contribution in [3.05, 3.63) is 22.7 Å². The minimum Gasteiger partial charge on any atom is -0.495 e. The first-order valence-corrected chi connectivity index (χ1v) is 7.23. The maximum atomic E-state index is 5.38. The summed E-state index contributed by atoms with van der Waals surface area (Å²) in [6.45, 7) is 7.70. The summed E-state index contributed by atoms with van der Waals surface area (Å²) >= 11 is 3.50. The lowest BCUT2D eigenvalue weighted by atomic mass is 10.00. The second-order valence-electron chi connectivity index (χ2n) is 5.03. The van der Waals surface area contributed by atoms with Crippen molar-refractivity contribution in [1.29, 1.82) is 0 Å². The number of methoxy groups -OCH3 is 1. The predicted octanol–water partition coefficient (Wildman–Crippen LogP) is 2.89. The van der Waals surface area contributed by atoms with E-state index in [1.807, 2.05) is 0 Å². The Balaban J connectivity index is 2.28. The Bertz CT molecular complexity index is 409. The van der Waals surface area contributed by atoms with Crippen LogP contribution in [0.15, 0.2) is 22.7 Å². The Hall–Kier alpha value is -0.740. The Labute approximate surface area is 118 Å². The summed E-state index contributed by atoms with van der Waals surface area (Å²) in [6, 6.07) is 6.88. The average molecular weight is 313 g/mol. The van der Waals surface area contributed by atoms with Crippen LogP contribution in [0.4, 0.5) is 5.69 Å². The molecule has 0 spiro atoms. The molecule has 3 nitrogen and oxygen atoms in total. The zero-order valence-corrected chi connectivity index (χ0v) is 12.8. The van der Waals surface area contributed by atoms with Gasteiger partial charge in [0.05, 0.1) is 11.6 Å². The molecule has 4 heteroatoms. The number of piperazine rings is 1. The molecule has 0 amide bonds. The summed E-state index contributed by atoms with van der Waals surface area (Å²) in [7, 11) is 1.71. The van der Waals surface area contributed by atoms with Crippen LogP contribution >= 0.6 is 15.9 Å². The predicted molar refractivity (Wildman–Crippen MR) is 79.5 cm³/mol. The number of rotatable bonds is 3. The second kappa shape index (κ2) is 5.93. The lowest BCUT2D eigenvalue weighted by Crippen LogP contribution is -2.53. The maximum Gasteiger partial charge on any atom is 0.135 e. The smallest absolute Gasteiger partial charge is 0.135 e. The molecule has 0 bridgehead atoms. The highest BCUT2D eigenvalue weighted by atomic mass is 79.9. The zero-order valence-electron chi connectivity index (χ0n) is 11.2. The summed E-state index contributed by atoms with van der Waals surface area (Å²) in [5.74, 6) is 1.53. The largest absolute Gasteiger partial charge is 0.495 e. The Kier molecular flexibility index (Phi) is 4.51. The van der Waals surface area contributed by atoms with Gasteiger partial charge in [0, 0.05) is 37.4 Å². The number of nitrogens with one attached hydrogen (secondary N) is 1. The van der Waals surface area contributed by atoms with Gasteiger partial charge in [-0.3, -0.25) is 0 Å². The van der Waals surface area contributed by atoms with Gasteiger partial charge in [0.2, 0.25) is 0 Å². The van der Waals surface area contributed by atoms with Gasteiger partial charge in [0.1, 0.15) is 5.75 Å². The minimum absolute atomic E-state index is 0.546. The molecule has 0 radical (unpaired) electrons. The molecule has 0 saturated carbocycles. The Morgan fingerprint density at radius 3 is 2.89 bits per heavy atom. The lowest BCUT2D eigenvalue weighted by Gasteiger charge is -2.40. The third-order valence-electron chi connectivity index (χ3n) is 3.52. The van der Waals surface area contributed by atoms with Crippen molar-refractivity contribution < 1.29 is 4.74 Å². The highest BCUT2D eigenvalue weighted by molar-refractivity contribution is 9.10. The molecule has 1 saturated heterocycles. The molecule has 1 unspecified atom stereocenters. The molecule has 0 aliphatic carbocycles. The fourth-order valence-electron chi connectivity index (χ4n) is 2.47. The SMILES string of the molecule is COc1cc(N2CCNCC2C(C)C)ccc1Br. The van der Waals surface area contributed by atoms with Crippen LogP contribution in [0.25, 0.3) is 0 Å². The summed E-state index contributed by atoms with van der Waals surface area (Å²) < 4.78 is 6.39. The first kappa shape index (κ1) is 13.7. The van der Waals surface area contributed by atoms with E-state index < -0.39 is 0 Å². The van der Waals surface area contributed by atoms with Crippen LogP contribution in [-0.2, 0) is 0 Å². The molecule has 1 aromatic rings. The van der Waals surface area contributed by atoms with Gasteiger partial charge >= 0.3 is 0 Å². The van der Waals surface area contributed by atoms with Gasteiger partial charge in [-0.2, -0.15) is 0 Å². The molecule has 1 heterocycles. The van der Waals surface area contributed by atoms with Crippen LogP contribution in [-0.4, -0.2) is 32.8 Å². The summed E-state index contributed by atoms with van der Waals surface area (Å²) in [5.41, 5.74) is 1.25. The van der Waals surface area contributed by atoms with Crippen molar-refractivity contribution in [2.45, 2.75) is 19.9 Å². The van der Waals surface area contributed by atoms with Crippen molar-refractivity contribution in [2.24, 2.45) is 5.92 Å². The molecule has 100 valence electrons. The number of halogens is 1. The standard InChI is InChI=1S/C14H21BrN2O/c1-10(2)13-9-16-6-7-17(13)11-4-5-12(15)14(8-11)18-3/h4-5,8,10,13,16H,6-7,9H2,1-3H3. The van der Waals surface area contributed by atoms with E-state index >= 15 is 0 Å².